The van der Waals surface area contributed by atoms with E-state index < -0.39 is 6.36 Å². The number of carbonyl (C=O) groups excluding carboxylic acids is 1. The van der Waals surface area contributed by atoms with Crippen LogP contribution in [0.5, 0.6) is 5.75 Å². The Balaban J connectivity index is 1.71. The quantitative estimate of drug-likeness (QED) is 0.931. The molecule has 3 atom stereocenters. The lowest BCUT2D eigenvalue weighted by atomic mass is 10.1. The van der Waals surface area contributed by atoms with Gasteiger partial charge in [-0.2, -0.15) is 0 Å². The molecule has 7 heteroatoms. The summed E-state index contributed by atoms with van der Waals surface area (Å²) in [6, 6.07) is 6.03. The van der Waals surface area contributed by atoms with Crippen LogP contribution >= 0.6 is 0 Å². The van der Waals surface area contributed by atoms with Crippen molar-refractivity contribution in [3.8, 4) is 5.75 Å². The molecule has 4 nitrogen and oxygen atoms in total. The normalized spacial score (nSPS) is 27.8. The number of nitrogens with two attached hydrogens (primary N) is 1. The molecule has 22 heavy (non-hydrogen) atoms. The maximum Gasteiger partial charge on any atom is 0.573 e. The number of likely N-dealkylation sites (tertiary alicyclic amines) is 1. The van der Waals surface area contributed by atoms with Gasteiger partial charge in [0.15, 0.2) is 0 Å². The molecule has 1 aromatic rings. The van der Waals surface area contributed by atoms with Gasteiger partial charge in [0.2, 0.25) is 5.91 Å². The van der Waals surface area contributed by atoms with E-state index in [4.69, 9.17) is 5.73 Å². The van der Waals surface area contributed by atoms with Gasteiger partial charge in [0, 0.05) is 25.0 Å². The maximum absolute atomic E-state index is 12.4. The minimum absolute atomic E-state index is 0.00185. The van der Waals surface area contributed by atoms with Gasteiger partial charge in [-0.1, -0.05) is 18.2 Å². The van der Waals surface area contributed by atoms with E-state index >= 15 is 0 Å². The summed E-state index contributed by atoms with van der Waals surface area (Å²) in [5, 5.41) is 0. The Labute approximate surface area is 126 Å². The number of para-hydroxylation sites is 1. The van der Waals surface area contributed by atoms with E-state index in [2.05, 4.69) is 4.74 Å². The average molecular weight is 314 g/mol. The van der Waals surface area contributed by atoms with Crippen molar-refractivity contribution in [2.45, 2.75) is 31.2 Å². The summed E-state index contributed by atoms with van der Waals surface area (Å²) in [6.45, 7) is 1.16. The predicted octanol–water partition coefficient (Wildman–Crippen LogP) is 2.25. The van der Waals surface area contributed by atoms with Gasteiger partial charge in [-0.15, -0.1) is 13.2 Å². The van der Waals surface area contributed by atoms with E-state index in [9.17, 15) is 18.0 Å². The summed E-state index contributed by atoms with van der Waals surface area (Å²) in [5.74, 6) is -0.695. The van der Waals surface area contributed by atoms with Gasteiger partial charge in [-0.05, 0) is 30.4 Å². The molecule has 1 aliphatic carbocycles. The highest BCUT2D eigenvalue weighted by Gasteiger charge is 2.48. The molecular formula is C15H17F3N2O2. The van der Waals surface area contributed by atoms with Crippen LogP contribution in [0.1, 0.15) is 24.3 Å². The van der Waals surface area contributed by atoms with Crippen LogP contribution in [-0.4, -0.2) is 36.3 Å². The zero-order chi connectivity index (χ0) is 15.9. The fourth-order valence-electron chi connectivity index (χ4n) is 3.04. The Morgan fingerprint density at radius 3 is 2.68 bits per heavy atom. The van der Waals surface area contributed by atoms with Crippen LogP contribution in [0.25, 0.3) is 0 Å². The third-order valence-corrected chi connectivity index (χ3v) is 4.19. The number of hydrogen-bond acceptors (Lipinski definition) is 3. The van der Waals surface area contributed by atoms with Crippen LogP contribution in [0.4, 0.5) is 13.2 Å². The standard InChI is InChI=1S/C15H17F3N2O2/c16-15(17,18)22-13-4-2-1-3-10(13)11-7-12(11)14(21)20-6-5-9(19)8-20/h1-4,9,11-12H,5-8,19H2/t9-,11?,12?/m0/s1. The molecular weight excluding hydrogens is 297 g/mol. The number of nitrogens with zero attached hydrogens (tertiary/aromatic N) is 1. The molecule has 1 saturated heterocycles. The Morgan fingerprint density at radius 2 is 2.05 bits per heavy atom. The Morgan fingerprint density at radius 1 is 1.32 bits per heavy atom. The summed E-state index contributed by atoms with van der Waals surface area (Å²) in [5.41, 5.74) is 6.23. The second kappa shape index (κ2) is 5.46. The highest BCUT2D eigenvalue weighted by Crippen LogP contribution is 2.51. The van der Waals surface area contributed by atoms with E-state index in [0.717, 1.165) is 6.42 Å². The second-order valence-electron chi connectivity index (χ2n) is 5.87. The van der Waals surface area contributed by atoms with E-state index in [-0.39, 0.29) is 29.5 Å². The Bertz CT molecular complexity index is 576. The summed E-state index contributed by atoms with van der Waals surface area (Å²) in [4.78, 5) is 14.1. The van der Waals surface area contributed by atoms with Crippen LogP contribution in [-0.2, 0) is 4.79 Å². The monoisotopic (exact) mass is 314 g/mol. The average Bonchev–Trinajstić information content (AvgIpc) is 3.11. The summed E-state index contributed by atoms with van der Waals surface area (Å²) < 4.78 is 41.4. The molecule has 0 bridgehead atoms. The van der Waals surface area contributed by atoms with Crippen LogP contribution in [0.15, 0.2) is 24.3 Å². The number of ether oxygens (including phenoxy) is 1. The van der Waals surface area contributed by atoms with Crippen LogP contribution in [0.2, 0.25) is 0 Å². The van der Waals surface area contributed by atoms with Crippen molar-refractivity contribution in [2.75, 3.05) is 13.1 Å². The largest absolute Gasteiger partial charge is 0.573 e. The highest BCUT2D eigenvalue weighted by molar-refractivity contribution is 5.83. The Hall–Kier alpha value is -1.76. The number of halogens is 3. The number of benzene rings is 1. The van der Waals surface area contributed by atoms with Crippen molar-refractivity contribution in [1.82, 2.24) is 4.90 Å². The maximum atomic E-state index is 12.4. The molecule has 1 heterocycles. The zero-order valence-electron chi connectivity index (χ0n) is 11.8. The third-order valence-electron chi connectivity index (χ3n) is 4.19. The molecule has 3 rings (SSSR count). The van der Waals surface area contributed by atoms with Crippen LogP contribution < -0.4 is 10.5 Å². The number of rotatable bonds is 3. The molecule has 0 radical (unpaired) electrons. The van der Waals surface area contributed by atoms with Gasteiger partial charge in [0.1, 0.15) is 5.75 Å². The minimum Gasteiger partial charge on any atom is -0.405 e. The van der Waals surface area contributed by atoms with Crippen LogP contribution in [0.3, 0.4) is 0 Å². The smallest absolute Gasteiger partial charge is 0.405 e. The number of alkyl halides is 3. The molecule has 1 aromatic carbocycles. The number of hydrogen-bond donors (Lipinski definition) is 1. The molecule has 1 saturated carbocycles. The van der Waals surface area contributed by atoms with Crippen molar-refractivity contribution in [3.63, 3.8) is 0 Å². The lowest BCUT2D eigenvalue weighted by Crippen LogP contribution is -2.33. The summed E-state index contributed by atoms with van der Waals surface area (Å²) >= 11 is 0. The molecule has 2 N–H and O–H groups in total. The summed E-state index contributed by atoms with van der Waals surface area (Å²) in [6.07, 6.45) is -3.40. The first kappa shape index (κ1) is 15.1. The first-order valence-corrected chi connectivity index (χ1v) is 7.24. The molecule has 1 amide bonds. The number of carbonyl (C=O) groups is 1. The molecule has 120 valence electrons. The molecule has 2 unspecified atom stereocenters. The van der Waals surface area contributed by atoms with E-state index in [0.29, 0.717) is 25.1 Å². The fraction of sp³-hybridized carbons (Fsp3) is 0.533. The van der Waals surface area contributed by atoms with Crippen molar-refractivity contribution in [2.24, 2.45) is 11.7 Å². The molecule has 0 aromatic heterocycles. The minimum atomic E-state index is -4.73. The highest BCUT2D eigenvalue weighted by atomic mass is 19.4. The van der Waals surface area contributed by atoms with Crippen LogP contribution in [0, 0.1) is 5.92 Å². The SMILES string of the molecule is N[C@H]1CCN(C(=O)C2CC2c2ccccc2OC(F)(F)F)C1. The van der Waals surface area contributed by atoms with Gasteiger partial charge in [-0.25, -0.2) is 0 Å². The van der Waals surface area contributed by atoms with Crippen molar-refractivity contribution in [1.29, 1.82) is 0 Å². The third kappa shape index (κ3) is 3.19. The summed E-state index contributed by atoms with van der Waals surface area (Å²) in [7, 11) is 0. The fourth-order valence-corrected chi connectivity index (χ4v) is 3.04. The zero-order valence-corrected chi connectivity index (χ0v) is 11.8. The lowest BCUT2D eigenvalue weighted by Gasteiger charge is -2.16. The van der Waals surface area contributed by atoms with E-state index in [1.54, 1.807) is 17.0 Å². The topological polar surface area (TPSA) is 55.6 Å². The van der Waals surface area contributed by atoms with Crippen molar-refractivity contribution in [3.05, 3.63) is 29.8 Å². The van der Waals surface area contributed by atoms with E-state index in [1.807, 2.05) is 0 Å². The van der Waals surface area contributed by atoms with Gasteiger partial charge in [-0.3, -0.25) is 4.79 Å². The van der Waals surface area contributed by atoms with Gasteiger partial charge >= 0.3 is 6.36 Å². The molecule has 2 fully saturated rings. The molecule has 1 aliphatic heterocycles. The first-order chi connectivity index (χ1) is 10.3. The van der Waals surface area contributed by atoms with Gasteiger partial charge in [0.05, 0.1) is 0 Å². The second-order valence-corrected chi connectivity index (χ2v) is 5.87. The predicted molar refractivity (Wildman–Crippen MR) is 73.1 cm³/mol. The van der Waals surface area contributed by atoms with Crippen molar-refractivity contribution < 1.29 is 22.7 Å². The van der Waals surface area contributed by atoms with Crippen molar-refractivity contribution >= 4 is 5.91 Å². The first-order valence-electron chi connectivity index (χ1n) is 7.24. The van der Waals surface area contributed by atoms with Gasteiger partial charge < -0.3 is 15.4 Å². The Kier molecular flexibility index (Phi) is 3.76. The van der Waals surface area contributed by atoms with Gasteiger partial charge in [0.25, 0.3) is 0 Å². The van der Waals surface area contributed by atoms with E-state index in [1.165, 1.54) is 12.1 Å². The molecule has 0 spiro atoms. The number of amides is 1. The lowest BCUT2D eigenvalue weighted by molar-refractivity contribution is -0.274. The molecule has 2 aliphatic rings.